The Balaban J connectivity index is 1.98. The van der Waals surface area contributed by atoms with Gasteiger partial charge in [-0.25, -0.2) is 0 Å². The summed E-state index contributed by atoms with van der Waals surface area (Å²) < 4.78 is 1.98. The molecular formula is C17H17BN2O. The maximum Gasteiger partial charge on any atom is 0.257 e. The van der Waals surface area contributed by atoms with Crippen LogP contribution in [0.3, 0.4) is 0 Å². The monoisotopic (exact) mass is 276 g/mol. The van der Waals surface area contributed by atoms with Crippen molar-refractivity contribution in [3.8, 4) is 0 Å². The van der Waals surface area contributed by atoms with Crippen molar-refractivity contribution in [2.75, 3.05) is 5.32 Å². The Labute approximate surface area is 125 Å². The Morgan fingerprint density at radius 1 is 1.19 bits per heavy atom. The number of benzene rings is 2. The average molecular weight is 276 g/mol. The molecule has 1 aromatic heterocycles. The molecule has 0 unspecified atom stereocenters. The van der Waals surface area contributed by atoms with Crippen LogP contribution in [-0.4, -0.2) is 18.3 Å². The van der Waals surface area contributed by atoms with Crippen molar-refractivity contribution in [2.24, 2.45) is 7.05 Å². The molecule has 1 amide bonds. The van der Waals surface area contributed by atoms with Gasteiger partial charge in [-0.3, -0.25) is 4.79 Å². The van der Waals surface area contributed by atoms with Crippen LogP contribution in [0.2, 0.25) is 0 Å². The lowest BCUT2D eigenvalue weighted by atomic mass is 9.92. The van der Waals surface area contributed by atoms with Gasteiger partial charge in [-0.15, -0.1) is 0 Å². The van der Waals surface area contributed by atoms with Crippen LogP contribution in [-0.2, 0) is 7.05 Å². The largest absolute Gasteiger partial charge is 0.350 e. The standard InChI is InChI=1S/C17H17BN2O/c1-11-7-8-15(14(18)9-11)19-17(21)13-10-20(2)16-6-4-3-5-12(13)16/h3-10H,18H2,1-2H3,(H,19,21). The molecule has 0 bridgehead atoms. The Hall–Kier alpha value is -2.49. The van der Waals surface area contributed by atoms with E-state index in [4.69, 9.17) is 0 Å². The van der Waals surface area contributed by atoms with E-state index in [1.807, 2.05) is 69.0 Å². The topological polar surface area (TPSA) is 34.0 Å². The first-order valence-corrected chi connectivity index (χ1v) is 6.99. The lowest BCUT2D eigenvalue weighted by molar-refractivity contribution is 0.102. The van der Waals surface area contributed by atoms with Crippen molar-refractivity contribution in [1.82, 2.24) is 4.57 Å². The number of nitrogens with zero attached hydrogens (tertiary/aromatic N) is 1. The number of anilines is 1. The van der Waals surface area contributed by atoms with E-state index in [1.165, 1.54) is 5.56 Å². The molecule has 1 N–H and O–H groups in total. The van der Waals surface area contributed by atoms with E-state index in [2.05, 4.69) is 11.4 Å². The normalized spacial score (nSPS) is 10.8. The number of carbonyl (C=O) groups is 1. The zero-order valence-electron chi connectivity index (χ0n) is 12.5. The summed E-state index contributed by atoms with van der Waals surface area (Å²) in [7, 11) is 3.96. The van der Waals surface area contributed by atoms with E-state index in [-0.39, 0.29) is 5.91 Å². The number of para-hydroxylation sites is 1. The third-order valence-corrected chi connectivity index (χ3v) is 3.77. The summed E-state index contributed by atoms with van der Waals surface area (Å²) in [6, 6.07) is 14.0. The minimum absolute atomic E-state index is 0.0706. The molecule has 4 heteroatoms. The van der Waals surface area contributed by atoms with Crippen LogP contribution in [0.5, 0.6) is 0 Å². The smallest absolute Gasteiger partial charge is 0.257 e. The molecule has 1 heterocycles. The van der Waals surface area contributed by atoms with Crippen LogP contribution in [0.4, 0.5) is 5.69 Å². The Morgan fingerprint density at radius 2 is 1.95 bits per heavy atom. The van der Waals surface area contributed by atoms with E-state index in [1.54, 1.807) is 0 Å². The first kappa shape index (κ1) is 13.5. The zero-order valence-corrected chi connectivity index (χ0v) is 12.5. The Kier molecular flexibility index (Phi) is 3.30. The zero-order chi connectivity index (χ0) is 15.0. The summed E-state index contributed by atoms with van der Waals surface area (Å²) >= 11 is 0. The molecule has 0 radical (unpaired) electrons. The molecule has 0 spiro atoms. The first-order valence-electron chi connectivity index (χ1n) is 6.99. The molecule has 0 aliphatic heterocycles. The quantitative estimate of drug-likeness (QED) is 0.714. The van der Waals surface area contributed by atoms with Gasteiger partial charge in [-0.1, -0.05) is 41.4 Å². The summed E-state index contributed by atoms with van der Waals surface area (Å²) in [6.07, 6.45) is 1.88. The number of hydrogen-bond donors (Lipinski definition) is 1. The van der Waals surface area contributed by atoms with Gasteiger partial charge < -0.3 is 9.88 Å². The highest BCUT2D eigenvalue weighted by Gasteiger charge is 2.14. The molecular weight excluding hydrogens is 259 g/mol. The van der Waals surface area contributed by atoms with Gasteiger partial charge in [-0.05, 0) is 19.1 Å². The number of hydrogen-bond acceptors (Lipinski definition) is 1. The molecule has 21 heavy (non-hydrogen) atoms. The number of aromatic nitrogens is 1. The van der Waals surface area contributed by atoms with Crippen molar-refractivity contribution >= 4 is 35.8 Å². The summed E-state index contributed by atoms with van der Waals surface area (Å²) in [4.78, 5) is 12.6. The molecule has 0 saturated heterocycles. The number of aryl methyl sites for hydroxylation is 2. The van der Waals surface area contributed by atoms with Crippen molar-refractivity contribution in [3.05, 3.63) is 59.8 Å². The fourth-order valence-electron chi connectivity index (χ4n) is 2.67. The van der Waals surface area contributed by atoms with Crippen LogP contribution < -0.4 is 10.8 Å². The predicted molar refractivity (Wildman–Crippen MR) is 90.2 cm³/mol. The van der Waals surface area contributed by atoms with Crippen LogP contribution >= 0.6 is 0 Å². The summed E-state index contributed by atoms with van der Waals surface area (Å²) in [5.74, 6) is -0.0706. The van der Waals surface area contributed by atoms with Gasteiger partial charge >= 0.3 is 0 Å². The molecule has 104 valence electrons. The van der Waals surface area contributed by atoms with Crippen LogP contribution in [0.1, 0.15) is 15.9 Å². The molecule has 0 saturated carbocycles. The van der Waals surface area contributed by atoms with E-state index in [0.29, 0.717) is 5.56 Å². The highest BCUT2D eigenvalue weighted by atomic mass is 16.1. The van der Waals surface area contributed by atoms with Gasteiger partial charge in [0.05, 0.1) is 5.56 Å². The number of carbonyl (C=O) groups excluding carboxylic acids is 1. The van der Waals surface area contributed by atoms with Crippen LogP contribution in [0.15, 0.2) is 48.7 Å². The SMILES string of the molecule is Bc1cc(C)ccc1NC(=O)c1cn(C)c2ccccc12. The molecule has 0 atom stereocenters. The second-order valence-corrected chi connectivity index (χ2v) is 5.44. The summed E-state index contributed by atoms with van der Waals surface area (Å²) in [6.45, 7) is 2.04. The fraction of sp³-hybridized carbons (Fsp3) is 0.118. The molecule has 3 aromatic rings. The number of fused-ring (bicyclic) bond motifs is 1. The van der Waals surface area contributed by atoms with Crippen molar-refractivity contribution in [1.29, 1.82) is 0 Å². The summed E-state index contributed by atoms with van der Waals surface area (Å²) in [5.41, 5.74) is 4.88. The first-order chi connectivity index (χ1) is 10.1. The van der Waals surface area contributed by atoms with Gasteiger partial charge in [0.25, 0.3) is 5.91 Å². The molecule has 2 aromatic carbocycles. The lowest BCUT2D eigenvalue weighted by Crippen LogP contribution is -2.18. The minimum atomic E-state index is -0.0706. The molecule has 0 aliphatic carbocycles. The van der Waals surface area contributed by atoms with Gasteiger partial charge in [0.1, 0.15) is 7.85 Å². The predicted octanol–water partition coefficient (Wildman–Crippen LogP) is 2.00. The third kappa shape index (κ3) is 2.45. The molecule has 3 nitrogen and oxygen atoms in total. The maximum atomic E-state index is 12.6. The Morgan fingerprint density at radius 3 is 2.71 bits per heavy atom. The maximum absolute atomic E-state index is 12.6. The second kappa shape index (κ2) is 5.13. The highest BCUT2D eigenvalue weighted by Crippen LogP contribution is 2.21. The minimum Gasteiger partial charge on any atom is -0.350 e. The van der Waals surface area contributed by atoms with E-state index >= 15 is 0 Å². The van der Waals surface area contributed by atoms with Crippen LogP contribution in [0, 0.1) is 6.92 Å². The van der Waals surface area contributed by atoms with Crippen molar-refractivity contribution < 1.29 is 4.79 Å². The molecule has 0 fully saturated rings. The second-order valence-electron chi connectivity index (χ2n) is 5.44. The van der Waals surface area contributed by atoms with Gasteiger partial charge in [0, 0.05) is 29.8 Å². The van der Waals surface area contributed by atoms with Gasteiger partial charge in [0.15, 0.2) is 0 Å². The third-order valence-electron chi connectivity index (χ3n) is 3.77. The summed E-state index contributed by atoms with van der Waals surface area (Å²) in [5, 5.41) is 3.98. The van der Waals surface area contributed by atoms with Crippen molar-refractivity contribution in [3.63, 3.8) is 0 Å². The van der Waals surface area contributed by atoms with Gasteiger partial charge in [0.2, 0.25) is 0 Å². The number of amides is 1. The van der Waals surface area contributed by atoms with E-state index in [9.17, 15) is 4.79 Å². The lowest BCUT2D eigenvalue weighted by Gasteiger charge is -2.08. The fourth-order valence-corrected chi connectivity index (χ4v) is 2.67. The number of rotatable bonds is 2. The van der Waals surface area contributed by atoms with Crippen molar-refractivity contribution in [2.45, 2.75) is 6.92 Å². The Bertz CT molecular complexity index is 836. The van der Waals surface area contributed by atoms with E-state index < -0.39 is 0 Å². The van der Waals surface area contributed by atoms with Gasteiger partial charge in [-0.2, -0.15) is 0 Å². The molecule has 0 aliphatic rings. The van der Waals surface area contributed by atoms with E-state index in [0.717, 1.165) is 22.1 Å². The number of nitrogens with one attached hydrogen (secondary N) is 1. The van der Waals surface area contributed by atoms with Crippen LogP contribution in [0.25, 0.3) is 10.9 Å². The highest BCUT2D eigenvalue weighted by molar-refractivity contribution is 6.36. The molecule has 3 rings (SSSR count). The average Bonchev–Trinajstić information content (AvgIpc) is 2.80.